The standard InChI is InChI=1S/C11H22O2.C6H11NO/c1-2-3-4-5-6-7-8-9-10-11(12)13;8-6-4-2-1-3-5-7-6/h2-10H2,1H3,(H,12,13);1-5H2,(H,7,8). The summed E-state index contributed by atoms with van der Waals surface area (Å²) in [6, 6.07) is 0. The first kappa shape index (κ1) is 19.9. The SMILES string of the molecule is CCCCCCCCCCC(=O)O.O=C1CCCCCN1. The van der Waals surface area contributed by atoms with Gasteiger partial charge in [-0.2, -0.15) is 0 Å². The van der Waals surface area contributed by atoms with E-state index in [9.17, 15) is 9.59 Å². The van der Waals surface area contributed by atoms with Gasteiger partial charge < -0.3 is 10.4 Å². The number of hydrogen-bond donors (Lipinski definition) is 2. The molecule has 0 atom stereocenters. The largest absolute Gasteiger partial charge is 0.481 e. The second-order valence-corrected chi connectivity index (χ2v) is 5.78. The third kappa shape index (κ3) is 16.9. The maximum absolute atomic E-state index is 10.6. The van der Waals surface area contributed by atoms with Crippen LogP contribution in [0, 0.1) is 0 Å². The summed E-state index contributed by atoms with van der Waals surface area (Å²) in [6.45, 7) is 3.10. The van der Waals surface area contributed by atoms with Gasteiger partial charge in [0.05, 0.1) is 0 Å². The zero-order valence-corrected chi connectivity index (χ0v) is 13.7. The lowest BCUT2D eigenvalue weighted by molar-refractivity contribution is -0.137. The molecule has 1 saturated heterocycles. The summed E-state index contributed by atoms with van der Waals surface area (Å²) in [5, 5.41) is 11.2. The van der Waals surface area contributed by atoms with E-state index in [1.165, 1.54) is 44.9 Å². The van der Waals surface area contributed by atoms with Gasteiger partial charge in [0.2, 0.25) is 5.91 Å². The highest BCUT2D eigenvalue weighted by Gasteiger charge is 2.03. The number of carbonyl (C=O) groups is 2. The molecule has 0 aromatic heterocycles. The minimum Gasteiger partial charge on any atom is -0.481 e. The zero-order chi connectivity index (χ0) is 15.8. The average molecular weight is 299 g/mol. The normalized spacial score (nSPS) is 14.6. The molecule has 4 nitrogen and oxygen atoms in total. The molecule has 21 heavy (non-hydrogen) atoms. The van der Waals surface area contributed by atoms with E-state index in [0.29, 0.717) is 6.42 Å². The highest BCUT2D eigenvalue weighted by Crippen LogP contribution is 2.09. The van der Waals surface area contributed by atoms with Crippen LogP contribution in [0.5, 0.6) is 0 Å². The fourth-order valence-corrected chi connectivity index (χ4v) is 2.31. The van der Waals surface area contributed by atoms with Crippen molar-refractivity contribution in [3.05, 3.63) is 0 Å². The van der Waals surface area contributed by atoms with Crippen LogP contribution in [0.4, 0.5) is 0 Å². The fraction of sp³-hybridized carbons (Fsp3) is 0.882. The quantitative estimate of drug-likeness (QED) is 0.624. The van der Waals surface area contributed by atoms with E-state index in [2.05, 4.69) is 12.2 Å². The number of amides is 1. The van der Waals surface area contributed by atoms with Crippen LogP contribution in [-0.4, -0.2) is 23.5 Å². The molecule has 1 aliphatic rings. The molecule has 0 aromatic carbocycles. The molecule has 1 fully saturated rings. The molecule has 1 heterocycles. The molecule has 0 radical (unpaired) electrons. The van der Waals surface area contributed by atoms with Crippen LogP contribution in [-0.2, 0) is 9.59 Å². The molecule has 0 unspecified atom stereocenters. The van der Waals surface area contributed by atoms with E-state index < -0.39 is 5.97 Å². The summed E-state index contributed by atoms with van der Waals surface area (Å²) < 4.78 is 0. The van der Waals surface area contributed by atoms with Crippen LogP contribution in [0.15, 0.2) is 0 Å². The summed E-state index contributed by atoms with van der Waals surface area (Å²) in [6.07, 6.45) is 14.2. The van der Waals surface area contributed by atoms with Gasteiger partial charge in [0.1, 0.15) is 0 Å². The Labute approximate surface area is 129 Å². The lowest BCUT2D eigenvalue weighted by Gasteiger charge is -1.99. The number of nitrogens with one attached hydrogen (secondary N) is 1. The smallest absolute Gasteiger partial charge is 0.303 e. The second-order valence-electron chi connectivity index (χ2n) is 5.78. The van der Waals surface area contributed by atoms with Crippen molar-refractivity contribution in [3.63, 3.8) is 0 Å². The van der Waals surface area contributed by atoms with Crippen molar-refractivity contribution in [2.45, 2.75) is 90.4 Å². The van der Waals surface area contributed by atoms with Gasteiger partial charge in [-0.25, -0.2) is 0 Å². The Morgan fingerprint density at radius 3 is 2.24 bits per heavy atom. The van der Waals surface area contributed by atoms with Crippen LogP contribution >= 0.6 is 0 Å². The van der Waals surface area contributed by atoms with Crippen LogP contribution in [0.25, 0.3) is 0 Å². The Hall–Kier alpha value is -1.06. The average Bonchev–Trinajstić information content (AvgIpc) is 2.70. The van der Waals surface area contributed by atoms with E-state index in [4.69, 9.17) is 5.11 Å². The zero-order valence-electron chi connectivity index (χ0n) is 13.7. The Balaban J connectivity index is 0.000000423. The Morgan fingerprint density at radius 1 is 1.00 bits per heavy atom. The maximum Gasteiger partial charge on any atom is 0.303 e. The van der Waals surface area contributed by atoms with E-state index in [1.807, 2.05) is 0 Å². The number of rotatable bonds is 9. The third-order valence-electron chi connectivity index (χ3n) is 3.65. The van der Waals surface area contributed by atoms with Gasteiger partial charge in [0.15, 0.2) is 0 Å². The summed E-state index contributed by atoms with van der Waals surface area (Å²) in [5.74, 6) is -0.437. The number of hydrogen-bond acceptors (Lipinski definition) is 2. The number of unbranched alkanes of at least 4 members (excludes halogenated alkanes) is 7. The third-order valence-corrected chi connectivity index (χ3v) is 3.65. The van der Waals surface area contributed by atoms with Crippen molar-refractivity contribution in [2.75, 3.05) is 6.54 Å². The monoisotopic (exact) mass is 299 g/mol. The number of carbonyl (C=O) groups excluding carboxylic acids is 1. The Bertz CT molecular complexity index is 257. The van der Waals surface area contributed by atoms with Crippen molar-refractivity contribution >= 4 is 11.9 Å². The van der Waals surface area contributed by atoms with Crippen LogP contribution < -0.4 is 5.32 Å². The topological polar surface area (TPSA) is 66.4 Å². The summed E-state index contributed by atoms with van der Waals surface area (Å²) in [5.41, 5.74) is 0. The molecule has 0 bridgehead atoms. The molecule has 0 spiro atoms. The predicted octanol–water partition coefficient (Wildman–Crippen LogP) is 4.28. The minimum absolute atomic E-state index is 0.225. The van der Waals surface area contributed by atoms with E-state index in [0.717, 1.165) is 38.6 Å². The lowest BCUT2D eigenvalue weighted by Crippen LogP contribution is -2.21. The molecular weight excluding hydrogens is 266 g/mol. The first-order valence-electron chi connectivity index (χ1n) is 8.65. The molecule has 0 aliphatic carbocycles. The molecule has 1 rings (SSSR count). The van der Waals surface area contributed by atoms with Crippen LogP contribution in [0.2, 0.25) is 0 Å². The predicted molar refractivity (Wildman–Crippen MR) is 86.3 cm³/mol. The summed E-state index contributed by atoms with van der Waals surface area (Å²) in [7, 11) is 0. The van der Waals surface area contributed by atoms with Crippen molar-refractivity contribution in [3.8, 4) is 0 Å². The van der Waals surface area contributed by atoms with Gasteiger partial charge >= 0.3 is 5.97 Å². The van der Waals surface area contributed by atoms with Crippen molar-refractivity contribution in [1.29, 1.82) is 0 Å². The van der Waals surface area contributed by atoms with Crippen molar-refractivity contribution < 1.29 is 14.7 Å². The van der Waals surface area contributed by atoms with Gasteiger partial charge in [0.25, 0.3) is 0 Å². The molecule has 4 heteroatoms. The van der Waals surface area contributed by atoms with Gasteiger partial charge in [-0.15, -0.1) is 0 Å². The Morgan fingerprint density at radius 2 is 1.62 bits per heavy atom. The fourth-order valence-electron chi connectivity index (χ4n) is 2.31. The van der Waals surface area contributed by atoms with E-state index in [-0.39, 0.29) is 5.91 Å². The molecule has 0 saturated carbocycles. The number of aliphatic carboxylic acids is 1. The van der Waals surface area contributed by atoms with Crippen molar-refractivity contribution in [1.82, 2.24) is 5.32 Å². The first-order chi connectivity index (χ1) is 10.2. The highest BCUT2D eigenvalue weighted by molar-refractivity contribution is 5.75. The molecular formula is C17H33NO3. The highest BCUT2D eigenvalue weighted by atomic mass is 16.4. The van der Waals surface area contributed by atoms with Crippen molar-refractivity contribution in [2.24, 2.45) is 0 Å². The lowest BCUT2D eigenvalue weighted by atomic mass is 10.1. The van der Waals surface area contributed by atoms with Crippen LogP contribution in [0.3, 0.4) is 0 Å². The summed E-state index contributed by atoms with van der Waals surface area (Å²) >= 11 is 0. The molecule has 1 amide bonds. The molecule has 2 N–H and O–H groups in total. The maximum atomic E-state index is 10.6. The molecule has 0 aromatic rings. The second kappa shape index (κ2) is 15.3. The van der Waals surface area contributed by atoms with Gasteiger partial charge in [-0.05, 0) is 19.3 Å². The van der Waals surface area contributed by atoms with Gasteiger partial charge in [-0.1, -0.05) is 58.3 Å². The van der Waals surface area contributed by atoms with Gasteiger partial charge in [-0.3, -0.25) is 9.59 Å². The number of carboxylic acid groups (broad SMARTS) is 1. The first-order valence-corrected chi connectivity index (χ1v) is 8.65. The van der Waals surface area contributed by atoms with Crippen LogP contribution in [0.1, 0.15) is 90.4 Å². The van der Waals surface area contributed by atoms with Gasteiger partial charge in [0, 0.05) is 19.4 Å². The Kier molecular flexibility index (Phi) is 14.6. The molecule has 124 valence electrons. The van der Waals surface area contributed by atoms with E-state index >= 15 is 0 Å². The minimum atomic E-state index is -0.661. The summed E-state index contributed by atoms with van der Waals surface area (Å²) in [4.78, 5) is 20.7. The molecule has 1 aliphatic heterocycles. The number of carboxylic acids is 1. The van der Waals surface area contributed by atoms with E-state index in [1.54, 1.807) is 0 Å².